The first-order valence-electron chi connectivity index (χ1n) is 7.45. The van der Waals surface area contributed by atoms with Crippen LogP contribution < -0.4 is 5.32 Å². The number of hydrogen-bond donors (Lipinski definition) is 1. The summed E-state index contributed by atoms with van der Waals surface area (Å²) in [5.41, 5.74) is 0. The molecule has 2 aromatic rings. The minimum Gasteiger partial charge on any atom is -0.454 e. The van der Waals surface area contributed by atoms with Crippen LogP contribution in [0.25, 0.3) is 0 Å². The molecule has 7 heteroatoms. The monoisotopic (exact) mass is 511 g/mol. The summed E-state index contributed by atoms with van der Waals surface area (Å²) in [6.45, 7) is 4.63. The van der Waals surface area contributed by atoms with Gasteiger partial charge >= 0.3 is 0 Å². The quantitative estimate of drug-likeness (QED) is 0.340. The Morgan fingerprint density at radius 3 is 2.78 bits per heavy atom. The molecule has 0 radical (unpaired) electrons. The highest BCUT2D eigenvalue weighted by molar-refractivity contribution is 14.0. The molecule has 0 bridgehead atoms. The van der Waals surface area contributed by atoms with Crippen LogP contribution in [0.15, 0.2) is 43.7 Å². The Bertz CT molecular complexity index is 586. The van der Waals surface area contributed by atoms with Crippen LogP contribution in [0.3, 0.4) is 0 Å². The van der Waals surface area contributed by atoms with E-state index in [4.69, 9.17) is 4.42 Å². The summed E-state index contributed by atoms with van der Waals surface area (Å²) in [4.78, 5) is 8.26. The van der Waals surface area contributed by atoms with Crippen LogP contribution in [0.1, 0.15) is 17.6 Å². The van der Waals surface area contributed by atoms with Gasteiger partial charge in [0.15, 0.2) is 10.6 Å². The van der Waals surface area contributed by atoms with Crippen molar-refractivity contribution in [3.05, 3.63) is 45.0 Å². The SMILES string of the molecule is CCNC(=NCCc1ccc(Br)o1)N(C)CCc1cccs1.I. The lowest BCUT2D eigenvalue weighted by Gasteiger charge is -2.21. The summed E-state index contributed by atoms with van der Waals surface area (Å²) in [7, 11) is 2.08. The van der Waals surface area contributed by atoms with E-state index < -0.39 is 0 Å². The predicted molar refractivity (Wildman–Crippen MR) is 112 cm³/mol. The highest BCUT2D eigenvalue weighted by atomic mass is 127. The van der Waals surface area contributed by atoms with E-state index in [1.54, 1.807) is 11.3 Å². The van der Waals surface area contributed by atoms with E-state index in [1.807, 2.05) is 12.1 Å². The standard InChI is InChI=1S/C16H22BrN3OS.HI/c1-3-18-16(19-10-8-13-6-7-15(17)21-13)20(2)11-9-14-5-4-12-22-14;/h4-7,12H,3,8-11H2,1-2H3,(H,18,19);1H. The Kier molecular flexibility index (Phi) is 9.89. The highest BCUT2D eigenvalue weighted by Gasteiger charge is 2.06. The molecule has 2 rings (SSSR count). The van der Waals surface area contributed by atoms with Crippen molar-refractivity contribution in [2.45, 2.75) is 19.8 Å². The maximum atomic E-state index is 5.50. The van der Waals surface area contributed by atoms with Gasteiger partial charge in [-0.2, -0.15) is 0 Å². The lowest BCUT2D eigenvalue weighted by molar-refractivity contribution is 0.478. The molecular formula is C16H23BrIN3OS. The van der Waals surface area contributed by atoms with Crippen LogP contribution in [0.2, 0.25) is 0 Å². The normalized spacial score (nSPS) is 11.2. The number of hydrogen-bond acceptors (Lipinski definition) is 3. The van der Waals surface area contributed by atoms with Crippen LogP contribution >= 0.6 is 51.2 Å². The van der Waals surface area contributed by atoms with E-state index in [0.29, 0.717) is 6.54 Å². The molecule has 0 aliphatic carbocycles. The number of nitrogens with zero attached hydrogens (tertiary/aromatic N) is 2. The molecule has 2 heterocycles. The van der Waals surface area contributed by atoms with Crippen molar-refractivity contribution in [3.8, 4) is 0 Å². The lowest BCUT2D eigenvalue weighted by atomic mass is 10.3. The fourth-order valence-electron chi connectivity index (χ4n) is 2.07. The van der Waals surface area contributed by atoms with Crippen molar-refractivity contribution >= 4 is 57.2 Å². The minimum absolute atomic E-state index is 0. The van der Waals surface area contributed by atoms with Gasteiger partial charge in [-0.1, -0.05) is 6.07 Å². The average Bonchev–Trinajstić information content (AvgIpc) is 3.15. The Hall–Kier alpha value is -0.540. The second kappa shape index (κ2) is 11.1. The molecule has 1 N–H and O–H groups in total. The summed E-state index contributed by atoms with van der Waals surface area (Å²) < 4.78 is 6.27. The minimum atomic E-state index is 0. The number of nitrogens with one attached hydrogen (secondary N) is 1. The van der Waals surface area contributed by atoms with Crippen molar-refractivity contribution < 1.29 is 4.42 Å². The molecule has 23 heavy (non-hydrogen) atoms. The van der Waals surface area contributed by atoms with Gasteiger partial charge in [0.05, 0.1) is 0 Å². The molecule has 0 unspecified atom stereocenters. The molecule has 0 saturated heterocycles. The van der Waals surface area contributed by atoms with E-state index in [1.165, 1.54) is 4.88 Å². The second-order valence-corrected chi connectivity index (χ2v) is 6.76. The van der Waals surface area contributed by atoms with Gasteiger partial charge in [-0.15, -0.1) is 35.3 Å². The lowest BCUT2D eigenvalue weighted by Crippen LogP contribution is -2.40. The zero-order chi connectivity index (χ0) is 15.8. The van der Waals surface area contributed by atoms with Crippen LogP contribution in [0.4, 0.5) is 0 Å². The Morgan fingerprint density at radius 1 is 1.35 bits per heavy atom. The van der Waals surface area contributed by atoms with Gasteiger partial charge in [0.25, 0.3) is 0 Å². The van der Waals surface area contributed by atoms with Gasteiger partial charge in [0.1, 0.15) is 5.76 Å². The van der Waals surface area contributed by atoms with Gasteiger partial charge < -0.3 is 14.6 Å². The summed E-state index contributed by atoms with van der Waals surface area (Å²) in [5.74, 6) is 1.90. The number of likely N-dealkylation sites (N-methyl/N-ethyl adjacent to an activating group) is 1. The largest absolute Gasteiger partial charge is 0.454 e. The molecule has 2 aromatic heterocycles. The van der Waals surface area contributed by atoms with Crippen molar-refractivity contribution in [1.82, 2.24) is 10.2 Å². The Labute approximate surface area is 167 Å². The van der Waals surface area contributed by atoms with Crippen LogP contribution in [-0.2, 0) is 12.8 Å². The maximum Gasteiger partial charge on any atom is 0.193 e. The number of rotatable bonds is 7. The number of furan rings is 1. The zero-order valence-corrected chi connectivity index (χ0v) is 18.2. The fourth-order valence-corrected chi connectivity index (χ4v) is 3.10. The van der Waals surface area contributed by atoms with Gasteiger partial charge in [-0.3, -0.25) is 4.99 Å². The summed E-state index contributed by atoms with van der Waals surface area (Å²) >= 11 is 5.12. The summed E-state index contributed by atoms with van der Waals surface area (Å²) in [6, 6.07) is 8.17. The molecule has 128 valence electrons. The van der Waals surface area contributed by atoms with E-state index in [-0.39, 0.29) is 24.0 Å². The molecule has 0 saturated carbocycles. The predicted octanol–water partition coefficient (Wildman–Crippen LogP) is 4.40. The molecule has 0 aliphatic heterocycles. The fraction of sp³-hybridized carbons (Fsp3) is 0.438. The Balaban J connectivity index is 0.00000264. The van der Waals surface area contributed by atoms with Crippen LogP contribution in [-0.4, -0.2) is 37.5 Å². The Morgan fingerprint density at radius 2 is 2.17 bits per heavy atom. The van der Waals surface area contributed by atoms with Crippen molar-refractivity contribution in [3.63, 3.8) is 0 Å². The third-order valence-electron chi connectivity index (χ3n) is 3.22. The summed E-state index contributed by atoms with van der Waals surface area (Å²) in [6.07, 6.45) is 1.85. The van der Waals surface area contributed by atoms with Gasteiger partial charge in [0.2, 0.25) is 0 Å². The third-order valence-corrected chi connectivity index (χ3v) is 4.58. The molecule has 0 fully saturated rings. The van der Waals surface area contributed by atoms with Crippen molar-refractivity contribution in [2.75, 3.05) is 26.7 Å². The maximum absolute atomic E-state index is 5.50. The van der Waals surface area contributed by atoms with Gasteiger partial charge in [-0.25, -0.2) is 0 Å². The van der Waals surface area contributed by atoms with E-state index in [2.05, 4.69) is 62.6 Å². The number of thiophene rings is 1. The van der Waals surface area contributed by atoms with Gasteiger partial charge in [-0.05, 0) is 52.9 Å². The topological polar surface area (TPSA) is 40.8 Å². The molecule has 0 aromatic carbocycles. The second-order valence-electron chi connectivity index (χ2n) is 4.94. The average molecular weight is 512 g/mol. The first-order valence-corrected chi connectivity index (χ1v) is 9.12. The van der Waals surface area contributed by atoms with Crippen LogP contribution in [0.5, 0.6) is 0 Å². The van der Waals surface area contributed by atoms with E-state index in [0.717, 1.165) is 42.3 Å². The zero-order valence-electron chi connectivity index (χ0n) is 13.4. The summed E-state index contributed by atoms with van der Waals surface area (Å²) in [5, 5.41) is 5.46. The first kappa shape index (κ1) is 20.5. The third kappa shape index (κ3) is 7.26. The van der Waals surface area contributed by atoms with E-state index >= 15 is 0 Å². The highest BCUT2D eigenvalue weighted by Crippen LogP contribution is 2.14. The number of halogens is 2. The molecule has 0 aliphatic rings. The molecule has 0 spiro atoms. The molecular weight excluding hydrogens is 489 g/mol. The van der Waals surface area contributed by atoms with Crippen LogP contribution in [0, 0.1) is 0 Å². The number of guanidine groups is 1. The number of aliphatic imine (C=N–C) groups is 1. The first-order chi connectivity index (χ1) is 10.7. The smallest absolute Gasteiger partial charge is 0.193 e. The van der Waals surface area contributed by atoms with Gasteiger partial charge in [0, 0.05) is 38.0 Å². The van der Waals surface area contributed by atoms with Crippen molar-refractivity contribution in [2.24, 2.45) is 4.99 Å². The molecule has 0 atom stereocenters. The van der Waals surface area contributed by atoms with E-state index in [9.17, 15) is 0 Å². The molecule has 0 amide bonds. The van der Waals surface area contributed by atoms with Crippen molar-refractivity contribution in [1.29, 1.82) is 0 Å². The molecule has 4 nitrogen and oxygen atoms in total.